The van der Waals surface area contributed by atoms with Crippen molar-refractivity contribution in [3.05, 3.63) is 59.6 Å². The van der Waals surface area contributed by atoms with Crippen LogP contribution >= 0.6 is 11.6 Å². The Balaban J connectivity index is 1.47. The van der Waals surface area contributed by atoms with Gasteiger partial charge in [0.05, 0.1) is 5.39 Å². The van der Waals surface area contributed by atoms with Crippen molar-refractivity contribution >= 4 is 40.5 Å². The number of hydrogen-bond acceptors (Lipinski definition) is 6. The molecule has 38 heavy (non-hydrogen) atoms. The molecule has 4 rings (SSSR count). The molecule has 2 unspecified atom stereocenters. The first-order valence-electron chi connectivity index (χ1n) is 12.8. The van der Waals surface area contributed by atoms with Gasteiger partial charge >= 0.3 is 6.09 Å². The van der Waals surface area contributed by atoms with Crippen LogP contribution in [0.25, 0.3) is 11.0 Å². The van der Waals surface area contributed by atoms with Crippen LogP contribution in [0.4, 0.5) is 4.79 Å². The minimum Gasteiger partial charge on any atom is -0.436 e. The van der Waals surface area contributed by atoms with Gasteiger partial charge in [-0.1, -0.05) is 48.9 Å². The van der Waals surface area contributed by atoms with Crippen LogP contribution in [-0.4, -0.2) is 51.1 Å². The van der Waals surface area contributed by atoms with E-state index in [-0.39, 0.29) is 17.7 Å². The molecule has 0 aliphatic carbocycles. The van der Waals surface area contributed by atoms with E-state index in [9.17, 15) is 14.4 Å². The zero-order chi connectivity index (χ0) is 27.1. The van der Waals surface area contributed by atoms with Crippen molar-refractivity contribution in [3.63, 3.8) is 0 Å². The first-order valence-corrected chi connectivity index (χ1v) is 13.2. The number of benzene rings is 1. The zero-order valence-corrected chi connectivity index (χ0v) is 22.1. The lowest BCUT2D eigenvalue weighted by atomic mass is 9.94. The van der Waals surface area contributed by atoms with E-state index in [0.717, 1.165) is 12.8 Å². The number of hydrogen-bond donors (Lipinski definition) is 3. The summed E-state index contributed by atoms with van der Waals surface area (Å²) in [5.41, 5.74) is 7.14. The highest BCUT2D eigenvalue weighted by Gasteiger charge is 2.31. The summed E-state index contributed by atoms with van der Waals surface area (Å²) in [6, 6.07) is 11.5. The number of carbonyl (C=O) groups excluding carboxylic acids is 3. The second kappa shape index (κ2) is 12.7. The Labute approximate surface area is 226 Å². The number of rotatable bonds is 12. The summed E-state index contributed by atoms with van der Waals surface area (Å²) in [5, 5.41) is 6.89. The van der Waals surface area contributed by atoms with Gasteiger partial charge in [0.1, 0.15) is 17.1 Å². The molecule has 3 aromatic rings. The monoisotopic (exact) mass is 540 g/mol. The summed E-state index contributed by atoms with van der Waals surface area (Å²) in [5.74, 6) is -0.619. The predicted molar refractivity (Wildman–Crippen MR) is 143 cm³/mol. The number of nitrogens with two attached hydrogens (primary N) is 1. The van der Waals surface area contributed by atoms with E-state index in [1.54, 1.807) is 0 Å². The SMILES string of the molecule is CC(CCc1ccccc1)C[C@@H](OC(N)=O)C(=O)N[C@H](CC1CCNC1=O)Cn1ccc2c(Cl)ncnc21. The van der Waals surface area contributed by atoms with Crippen LogP contribution in [0, 0.1) is 11.8 Å². The van der Waals surface area contributed by atoms with Crippen LogP contribution in [-0.2, 0) is 27.3 Å². The van der Waals surface area contributed by atoms with Gasteiger partial charge < -0.3 is 25.7 Å². The van der Waals surface area contributed by atoms with Gasteiger partial charge in [-0.25, -0.2) is 14.8 Å². The van der Waals surface area contributed by atoms with Gasteiger partial charge in [-0.3, -0.25) is 9.59 Å². The lowest BCUT2D eigenvalue weighted by molar-refractivity contribution is -0.131. The lowest BCUT2D eigenvalue weighted by Gasteiger charge is -2.26. The van der Waals surface area contributed by atoms with Crippen LogP contribution in [0.15, 0.2) is 48.9 Å². The minimum atomic E-state index is -1.05. The molecule has 4 N–H and O–H groups in total. The number of carbonyl (C=O) groups is 3. The highest BCUT2D eigenvalue weighted by molar-refractivity contribution is 6.33. The van der Waals surface area contributed by atoms with Crippen molar-refractivity contribution in [1.82, 2.24) is 25.2 Å². The third-order valence-electron chi connectivity index (χ3n) is 6.94. The van der Waals surface area contributed by atoms with E-state index in [1.165, 1.54) is 11.9 Å². The zero-order valence-electron chi connectivity index (χ0n) is 21.3. The number of primary amides is 1. The van der Waals surface area contributed by atoms with E-state index < -0.39 is 24.1 Å². The first kappa shape index (κ1) is 27.4. The lowest BCUT2D eigenvalue weighted by Crippen LogP contribution is -2.47. The van der Waals surface area contributed by atoms with Crippen molar-refractivity contribution in [1.29, 1.82) is 0 Å². The molecule has 0 bridgehead atoms. The number of halogens is 1. The Morgan fingerprint density at radius 2 is 2.05 bits per heavy atom. The fourth-order valence-electron chi connectivity index (χ4n) is 4.93. The molecule has 1 aliphatic heterocycles. The minimum absolute atomic E-state index is 0.0357. The number of ether oxygens (including phenoxy) is 1. The molecule has 11 heteroatoms. The van der Waals surface area contributed by atoms with Gasteiger partial charge in [0.15, 0.2) is 6.10 Å². The average molecular weight is 541 g/mol. The maximum absolute atomic E-state index is 13.4. The number of fused-ring (bicyclic) bond motifs is 1. The van der Waals surface area contributed by atoms with Gasteiger partial charge in [-0.2, -0.15) is 0 Å². The highest BCUT2D eigenvalue weighted by Crippen LogP contribution is 2.23. The predicted octanol–water partition coefficient (Wildman–Crippen LogP) is 3.22. The fraction of sp³-hybridized carbons (Fsp3) is 0.444. The molecule has 3 heterocycles. The summed E-state index contributed by atoms with van der Waals surface area (Å²) in [6.07, 6.45) is 4.25. The van der Waals surface area contributed by atoms with Crippen LogP contribution in [0.1, 0.15) is 38.2 Å². The maximum Gasteiger partial charge on any atom is 0.405 e. The van der Waals surface area contributed by atoms with Crippen molar-refractivity contribution in [2.24, 2.45) is 17.6 Å². The first-order chi connectivity index (χ1) is 18.3. The van der Waals surface area contributed by atoms with Gasteiger partial charge in [-0.05, 0) is 49.7 Å². The Morgan fingerprint density at radius 1 is 1.26 bits per heavy atom. The molecule has 3 amide bonds. The van der Waals surface area contributed by atoms with Crippen molar-refractivity contribution in [2.75, 3.05) is 6.54 Å². The summed E-state index contributed by atoms with van der Waals surface area (Å²) in [6.45, 7) is 2.97. The van der Waals surface area contributed by atoms with Crippen molar-refractivity contribution < 1.29 is 19.1 Å². The Hall–Kier alpha value is -3.66. The van der Waals surface area contributed by atoms with E-state index >= 15 is 0 Å². The largest absolute Gasteiger partial charge is 0.436 e. The van der Waals surface area contributed by atoms with Crippen molar-refractivity contribution in [3.8, 4) is 0 Å². The van der Waals surface area contributed by atoms with Gasteiger partial charge in [0, 0.05) is 31.2 Å². The summed E-state index contributed by atoms with van der Waals surface area (Å²) in [7, 11) is 0. The molecule has 0 radical (unpaired) electrons. The summed E-state index contributed by atoms with van der Waals surface area (Å²) < 4.78 is 7.12. The molecule has 1 aromatic carbocycles. The van der Waals surface area contributed by atoms with Gasteiger partial charge in [-0.15, -0.1) is 0 Å². The van der Waals surface area contributed by atoms with Crippen LogP contribution in [0.5, 0.6) is 0 Å². The summed E-state index contributed by atoms with van der Waals surface area (Å²) >= 11 is 6.20. The molecule has 0 saturated carbocycles. The third kappa shape index (κ3) is 7.22. The van der Waals surface area contributed by atoms with Crippen molar-refractivity contribution in [2.45, 2.75) is 57.7 Å². The fourth-order valence-corrected chi connectivity index (χ4v) is 5.13. The molecule has 2 aromatic heterocycles. The highest BCUT2D eigenvalue weighted by atomic mass is 35.5. The van der Waals surface area contributed by atoms with E-state index in [0.29, 0.717) is 48.5 Å². The molecule has 0 spiro atoms. The number of amides is 3. The number of nitrogens with one attached hydrogen (secondary N) is 2. The molecular weight excluding hydrogens is 508 g/mol. The van der Waals surface area contributed by atoms with Gasteiger partial charge in [0.2, 0.25) is 5.91 Å². The standard InChI is InChI=1S/C27H33ClN6O4/c1-17(7-8-18-5-3-2-4-6-18)13-22(38-27(29)37)26(36)33-20(14-19-9-11-30-25(19)35)15-34-12-10-21-23(28)31-16-32-24(21)34/h2-6,10,12,16-17,19-20,22H,7-9,11,13-15H2,1H3,(H2,29,37)(H,30,35)(H,33,36)/t17?,19?,20-,22-/m1/s1. The molecule has 1 fully saturated rings. The number of aromatic nitrogens is 3. The number of aryl methyl sites for hydroxylation is 1. The molecule has 1 saturated heterocycles. The normalized spacial score (nSPS) is 17.5. The van der Waals surface area contributed by atoms with E-state index in [1.807, 2.05) is 42.0 Å². The maximum atomic E-state index is 13.4. The second-order valence-corrected chi connectivity index (χ2v) is 10.2. The quantitative estimate of drug-likeness (QED) is 0.301. The molecular formula is C27H33ClN6O4. The van der Waals surface area contributed by atoms with Crippen LogP contribution in [0.2, 0.25) is 5.15 Å². The van der Waals surface area contributed by atoms with Gasteiger partial charge in [0.25, 0.3) is 5.91 Å². The Kier molecular flexibility index (Phi) is 9.17. The summed E-state index contributed by atoms with van der Waals surface area (Å²) in [4.78, 5) is 45.7. The second-order valence-electron chi connectivity index (χ2n) is 9.88. The Bertz CT molecular complexity index is 1270. The van der Waals surface area contributed by atoms with E-state index in [2.05, 4.69) is 32.7 Å². The molecule has 1 aliphatic rings. The smallest absolute Gasteiger partial charge is 0.405 e. The van der Waals surface area contributed by atoms with Crippen LogP contribution < -0.4 is 16.4 Å². The Morgan fingerprint density at radius 3 is 2.76 bits per heavy atom. The number of nitrogens with zero attached hydrogens (tertiary/aromatic N) is 3. The topological polar surface area (TPSA) is 141 Å². The van der Waals surface area contributed by atoms with E-state index in [4.69, 9.17) is 22.1 Å². The molecule has 4 atom stereocenters. The average Bonchev–Trinajstić information content (AvgIpc) is 3.49. The molecule has 202 valence electrons. The van der Waals surface area contributed by atoms with Crippen LogP contribution in [0.3, 0.4) is 0 Å². The third-order valence-corrected chi connectivity index (χ3v) is 7.24. The molecule has 10 nitrogen and oxygen atoms in total.